The van der Waals surface area contributed by atoms with Crippen LogP contribution in [0.15, 0.2) is 0 Å². The van der Waals surface area contributed by atoms with E-state index in [9.17, 15) is 14.7 Å². The molecule has 4 unspecified atom stereocenters. The summed E-state index contributed by atoms with van der Waals surface area (Å²) in [6.07, 6.45) is 3.52. The van der Waals surface area contributed by atoms with Crippen LogP contribution >= 0.6 is 0 Å². The van der Waals surface area contributed by atoms with Crippen molar-refractivity contribution in [1.29, 1.82) is 0 Å². The van der Waals surface area contributed by atoms with Crippen molar-refractivity contribution in [2.45, 2.75) is 44.7 Å². The van der Waals surface area contributed by atoms with E-state index < -0.39 is 17.9 Å². The van der Waals surface area contributed by atoms with Gasteiger partial charge >= 0.3 is 5.97 Å². The normalized spacial score (nSPS) is 36.8. The maximum absolute atomic E-state index is 11.7. The number of rotatable bonds is 4. The lowest BCUT2D eigenvalue weighted by atomic mass is 9.84. The third kappa shape index (κ3) is 2.16. The lowest BCUT2D eigenvalue weighted by Crippen LogP contribution is -2.51. The molecule has 0 aromatic rings. The Labute approximate surface area is 101 Å². The Kier molecular flexibility index (Phi) is 3.38. The molecule has 2 rings (SSSR count). The Hall–Kier alpha value is -1.10. The zero-order valence-corrected chi connectivity index (χ0v) is 10.1. The fourth-order valence-electron chi connectivity index (χ4n) is 3.31. The first-order chi connectivity index (χ1) is 8.04. The molecule has 0 radical (unpaired) electrons. The monoisotopic (exact) mass is 240 g/mol. The summed E-state index contributed by atoms with van der Waals surface area (Å²) in [4.78, 5) is 23.0. The van der Waals surface area contributed by atoms with E-state index in [4.69, 9.17) is 5.73 Å². The average Bonchev–Trinajstić information content (AvgIpc) is 2.87. The zero-order valence-electron chi connectivity index (χ0n) is 10.1. The molecule has 0 saturated heterocycles. The van der Waals surface area contributed by atoms with Crippen LogP contribution in [0.2, 0.25) is 0 Å². The third-order valence-corrected chi connectivity index (χ3v) is 4.29. The summed E-state index contributed by atoms with van der Waals surface area (Å²) in [6, 6.07) is -0.736. The highest BCUT2D eigenvalue weighted by molar-refractivity contribution is 5.83. The number of carbonyl (C=O) groups is 2. The van der Waals surface area contributed by atoms with Crippen LogP contribution in [0, 0.1) is 17.8 Å². The number of hydrogen-bond donors (Lipinski definition) is 3. The van der Waals surface area contributed by atoms with E-state index in [0.29, 0.717) is 12.3 Å². The standard InChI is InChI=1S/C12H20N2O3/c1-2-8(13)11(15)14-10-7-4-3-6(5-7)9(10)12(16)17/h6-10H,2-5,13H2,1H3,(H,14,15)(H,16,17)/t6?,7?,8-,9?,10?/m0/s1. The van der Waals surface area contributed by atoms with Crippen molar-refractivity contribution < 1.29 is 14.7 Å². The maximum Gasteiger partial charge on any atom is 0.308 e. The second-order valence-corrected chi connectivity index (χ2v) is 5.25. The van der Waals surface area contributed by atoms with Gasteiger partial charge in [0.05, 0.1) is 12.0 Å². The number of carboxylic acids is 1. The molecule has 0 spiro atoms. The minimum atomic E-state index is -0.785. The number of hydrogen-bond acceptors (Lipinski definition) is 3. The second kappa shape index (κ2) is 4.64. The number of amides is 1. The SMILES string of the molecule is CC[C@H](N)C(=O)NC1C2CCC(C2)C1C(=O)O. The number of carbonyl (C=O) groups excluding carboxylic acids is 1. The van der Waals surface area contributed by atoms with Gasteiger partial charge < -0.3 is 16.2 Å². The van der Waals surface area contributed by atoms with Crippen molar-refractivity contribution >= 4 is 11.9 Å². The molecule has 5 atom stereocenters. The molecule has 2 bridgehead atoms. The van der Waals surface area contributed by atoms with Crippen molar-refractivity contribution in [2.75, 3.05) is 0 Å². The quantitative estimate of drug-likeness (QED) is 0.660. The number of aliphatic carboxylic acids is 1. The van der Waals surface area contributed by atoms with Crippen LogP contribution in [0.4, 0.5) is 0 Å². The molecule has 17 heavy (non-hydrogen) atoms. The first kappa shape index (κ1) is 12.4. The molecule has 0 aliphatic heterocycles. The maximum atomic E-state index is 11.7. The molecule has 5 nitrogen and oxygen atoms in total. The smallest absolute Gasteiger partial charge is 0.308 e. The van der Waals surface area contributed by atoms with Gasteiger partial charge in [-0.05, 0) is 37.5 Å². The molecule has 1 amide bonds. The molecular formula is C12H20N2O3. The summed E-state index contributed by atoms with van der Waals surface area (Å²) in [7, 11) is 0. The topological polar surface area (TPSA) is 92.4 Å². The first-order valence-electron chi connectivity index (χ1n) is 6.33. The van der Waals surface area contributed by atoms with Gasteiger partial charge in [0.15, 0.2) is 0 Å². The van der Waals surface area contributed by atoms with Crippen LogP contribution in [0.5, 0.6) is 0 Å². The van der Waals surface area contributed by atoms with Gasteiger partial charge in [-0.15, -0.1) is 0 Å². The molecule has 4 N–H and O–H groups in total. The van der Waals surface area contributed by atoms with E-state index in [1.54, 1.807) is 0 Å². The molecule has 2 aliphatic carbocycles. The summed E-state index contributed by atoms with van der Waals surface area (Å²) in [6.45, 7) is 1.85. The Morgan fingerprint density at radius 2 is 2.06 bits per heavy atom. The number of fused-ring (bicyclic) bond motifs is 2. The molecule has 0 aromatic carbocycles. The Morgan fingerprint density at radius 3 is 2.65 bits per heavy atom. The largest absolute Gasteiger partial charge is 0.481 e. The van der Waals surface area contributed by atoms with Gasteiger partial charge in [-0.25, -0.2) is 0 Å². The summed E-state index contributed by atoms with van der Waals surface area (Å²) in [5.74, 6) is -0.847. The Balaban J connectivity index is 2.04. The van der Waals surface area contributed by atoms with Gasteiger partial charge in [-0.1, -0.05) is 6.92 Å². The van der Waals surface area contributed by atoms with Gasteiger partial charge in [-0.2, -0.15) is 0 Å². The van der Waals surface area contributed by atoms with Crippen LogP contribution in [0.1, 0.15) is 32.6 Å². The van der Waals surface area contributed by atoms with Gasteiger partial charge in [0, 0.05) is 6.04 Å². The Morgan fingerprint density at radius 1 is 1.41 bits per heavy atom. The number of carboxylic acid groups (broad SMARTS) is 1. The second-order valence-electron chi connectivity index (χ2n) is 5.25. The van der Waals surface area contributed by atoms with Crippen molar-refractivity contribution in [3.63, 3.8) is 0 Å². The molecule has 2 fully saturated rings. The lowest BCUT2D eigenvalue weighted by molar-refractivity contribution is -0.144. The predicted molar refractivity (Wildman–Crippen MR) is 62.2 cm³/mol. The number of nitrogens with one attached hydrogen (secondary N) is 1. The minimum Gasteiger partial charge on any atom is -0.481 e. The zero-order chi connectivity index (χ0) is 12.6. The molecule has 2 aliphatic rings. The highest BCUT2D eigenvalue weighted by atomic mass is 16.4. The van der Waals surface area contributed by atoms with E-state index in [2.05, 4.69) is 5.32 Å². The fraction of sp³-hybridized carbons (Fsp3) is 0.833. The van der Waals surface area contributed by atoms with Gasteiger partial charge in [0.25, 0.3) is 0 Å². The van der Waals surface area contributed by atoms with E-state index in [1.165, 1.54) is 0 Å². The molecule has 0 heterocycles. The fourth-order valence-corrected chi connectivity index (χ4v) is 3.31. The minimum absolute atomic E-state index is 0.212. The van der Waals surface area contributed by atoms with Crippen molar-refractivity contribution in [2.24, 2.45) is 23.5 Å². The molecule has 96 valence electrons. The molecule has 0 aromatic heterocycles. The summed E-state index contributed by atoms with van der Waals surface area (Å²) in [5, 5.41) is 12.1. The first-order valence-corrected chi connectivity index (χ1v) is 6.33. The van der Waals surface area contributed by atoms with E-state index in [0.717, 1.165) is 19.3 Å². The highest BCUT2D eigenvalue weighted by Crippen LogP contribution is 2.48. The van der Waals surface area contributed by atoms with Crippen molar-refractivity contribution in [1.82, 2.24) is 5.32 Å². The van der Waals surface area contributed by atoms with Crippen LogP contribution in [0.25, 0.3) is 0 Å². The lowest BCUT2D eigenvalue weighted by Gasteiger charge is -2.29. The van der Waals surface area contributed by atoms with Crippen molar-refractivity contribution in [3.8, 4) is 0 Å². The van der Waals surface area contributed by atoms with E-state index in [-0.39, 0.29) is 17.9 Å². The highest BCUT2D eigenvalue weighted by Gasteiger charge is 2.51. The summed E-state index contributed by atoms with van der Waals surface area (Å²) in [5.41, 5.74) is 5.65. The summed E-state index contributed by atoms with van der Waals surface area (Å²) >= 11 is 0. The molecular weight excluding hydrogens is 220 g/mol. The average molecular weight is 240 g/mol. The predicted octanol–water partition coefficient (Wildman–Crippen LogP) is 0.339. The van der Waals surface area contributed by atoms with Crippen LogP contribution in [0.3, 0.4) is 0 Å². The van der Waals surface area contributed by atoms with Gasteiger partial charge in [0.2, 0.25) is 5.91 Å². The van der Waals surface area contributed by atoms with Crippen LogP contribution in [-0.4, -0.2) is 29.1 Å². The third-order valence-electron chi connectivity index (χ3n) is 4.29. The van der Waals surface area contributed by atoms with Crippen molar-refractivity contribution in [3.05, 3.63) is 0 Å². The van der Waals surface area contributed by atoms with E-state index >= 15 is 0 Å². The summed E-state index contributed by atoms with van der Waals surface area (Å²) < 4.78 is 0. The molecule has 5 heteroatoms. The van der Waals surface area contributed by atoms with Gasteiger partial charge in [0.1, 0.15) is 0 Å². The van der Waals surface area contributed by atoms with Gasteiger partial charge in [-0.3, -0.25) is 9.59 Å². The number of nitrogens with two attached hydrogens (primary N) is 1. The molecule has 2 saturated carbocycles. The van der Waals surface area contributed by atoms with E-state index in [1.807, 2.05) is 6.92 Å². The van der Waals surface area contributed by atoms with Crippen LogP contribution in [-0.2, 0) is 9.59 Å². The van der Waals surface area contributed by atoms with Crippen LogP contribution < -0.4 is 11.1 Å². The Bertz CT molecular complexity index is 332.